The highest BCUT2D eigenvalue weighted by atomic mass is 16.6. The van der Waals surface area contributed by atoms with E-state index < -0.39 is 5.60 Å². The Bertz CT molecular complexity index is 1220. The van der Waals surface area contributed by atoms with Crippen molar-refractivity contribution in [2.24, 2.45) is 0 Å². The fourth-order valence-electron chi connectivity index (χ4n) is 4.23. The van der Waals surface area contributed by atoms with E-state index in [9.17, 15) is 9.59 Å². The van der Waals surface area contributed by atoms with E-state index in [2.05, 4.69) is 5.32 Å². The summed E-state index contributed by atoms with van der Waals surface area (Å²) in [5, 5.41) is 7.43. The Kier molecular flexibility index (Phi) is 7.19. The molecule has 190 valence electrons. The molecule has 2 aromatic carbocycles. The lowest BCUT2D eigenvalue weighted by molar-refractivity contribution is 0.0168. The summed E-state index contributed by atoms with van der Waals surface area (Å²) >= 11 is 0. The Morgan fingerprint density at radius 1 is 1.06 bits per heavy atom. The van der Waals surface area contributed by atoms with Crippen molar-refractivity contribution in [2.75, 3.05) is 25.9 Å². The molecule has 2 amide bonds. The number of ether oxygens (including phenoxy) is 2. The first kappa shape index (κ1) is 25.1. The van der Waals surface area contributed by atoms with Crippen molar-refractivity contribution in [3.05, 3.63) is 60.2 Å². The number of nitrogens with one attached hydrogen (secondary N) is 1. The number of nitrogen functional groups attached to an aromatic ring is 1. The number of piperidine rings is 1. The quantitative estimate of drug-likeness (QED) is 0.527. The third-order valence-corrected chi connectivity index (χ3v) is 5.90. The number of nitrogens with two attached hydrogens (primary N) is 1. The molecule has 2 heterocycles. The van der Waals surface area contributed by atoms with Crippen molar-refractivity contribution in [3.8, 4) is 22.8 Å². The van der Waals surface area contributed by atoms with Crippen LogP contribution < -0.4 is 15.8 Å². The molecule has 9 heteroatoms. The monoisotopic (exact) mass is 491 g/mol. The molecule has 4 rings (SSSR count). The number of likely N-dealkylation sites (tertiary alicyclic amines) is 1. The number of hydrogen-bond acceptors (Lipinski definition) is 6. The second-order valence-corrected chi connectivity index (χ2v) is 9.79. The van der Waals surface area contributed by atoms with Crippen LogP contribution in [0, 0.1) is 0 Å². The van der Waals surface area contributed by atoms with Crippen LogP contribution in [0.5, 0.6) is 11.5 Å². The number of benzene rings is 2. The largest absolute Gasteiger partial charge is 0.457 e. The van der Waals surface area contributed by atoms with Gasteiger partial charge in [0, 0.05) is 25.7 Å². The first-order valence-corrected chi connectivity index (χ1v) is 12.1. The van der Waals surface area contributed by atoms with Crippen molar-refractivity contribution >= 4 is 17.8 Å². The van der Waals surface area contributed by atoms with Crippen molar-refractivity contribution in [1.82, 2.24) is 20.0 Å². The molecule has 3 aromatic rings. The smallest absolute Gasteiger partial charge is 0.410 e. The molecule has 0 saturated carbocycles. The van der Waals surface area contributed by atoms with E-state index in [1.165, 1.54) is 0 Å². The average Bonchev–Trinajstić information content (AvgIpc) is 3.20. The van der Waals surface area contributed by atoms with Gasteiger partial charge in [0.05, 0.1) is 6.04 Å². The number of hydrogen-bond donors (Lipinski definition) is 2. The summed E-state index contributed by atoms with van der Waals surface area (Å²) in [6.07, 6.45) is 1.19. The van der Waals surface area contributed by atoms with Crippen LogP contribution in [-0.2, 0) is 4.74 Å². The molecule has 9 nitrogen and oxygen atoms in total. The van der Waals surface area contributed by atoms with E-state index in [0.29, 0.717) is 30.1 Å². The molecule has 1 aliphatic heterocycles. The summed E-state index contributed by atoms with van der Waals surface area (Å²) in [5.41, 5.74) is 7.43. The van der Waals surface area contributed by atoms with Gasteiger partial charge in [-0.1, -0.05) is 18.2 Å². The van der Waals surface area contributed by atoms with E-state index in [1.54, 1.807) is 16.6 Å². The third-order valence-electron chi connectivity index (χ3n) is 5.90. The predicted molar refractivity (Wildman–Crippen MR) is 138 cm³/mol. The Morgan fingerprint density at radius 3 is 2.36 bits per heavy atom. The van der Waals surface area contributed by atoms with Crippen LogP contribution in [0.4, 0.5) is 10.6 Å². The Morgan fingerprint density at radius 2 is 1.72 bits per heavy atom. The normalized spacial score (nSPS) is 15.9. The van der Waals surface area contributed by atoms with Gasteiger partial charge in [0.25, 0.3) is 5.91 Å². The van der Waals surface area contributed by atoms with Crippen LogP contribution in [-0.4, -0.2) is 52.4 Å². The highest BCUT2D eigenvalue weighted by Crippen LogP contribution is 2.33. The van der Waals surface area contributed by atoms with Crippen LogP contribution in [0.1, 0.15) is 50.0 Å². The van der Waals surface area contributed by atoms with Gasteiger partial charge in [-0.2, -0.15) is 5.10 Å². The summed E-state index contributed by atoms with van der Waals surface area (Å²) in [7, 11) is 1.56. The van der Waals surface area contributed by atoms with Gasteiger partial charge >= 0.3 is 6.09 Å². The number of nitrogens with zero attached hydrogens (tertiary/aromatic N) is 3. The molecule has 1 saturated heterocycles. The fourth-order valence-corrected chi connectivity index (χ4v) is 4.23. The van der Waals surface area contributed by atoms with Crippen LogP contribution in [0.2, 0.25) is 0 Å². The average molecular weight is 492 g/mol. The van der Waals surface area contributed by atoms with Crippen molar-refractivity contribution in [3.63, 3.8) is 0 Å². The van der Waals surface area contributed by atoms with Gasteiger partial charge < -0.3 is 25.4 Å². The number of carbonyl (C=O) groups is 2. The lowest BCUT2D eigenvalue weighted by Crippen LogP contribution is -2.43. The summed E-state index contributed by atoms with van der Waals surface area (Å²) in [6, 6.07) is 16.7. The van der Waals surface area contributed by atoms with E-state index in [0.717, 1.165) is 24.2 Å². The van der Waals surface area contributed by atoms with E-state index in [4.69, 9.17) is 20.3 Å². The molecular formula is C27H33N5O4. The molecule has 1 aromatic heterocycles. The van der Waals surface area contributed by atoms with Gasteiger partial charge in [-0.3, -0.25) is 4.79 Å². The van der Waals surface area contributed by atoms with Crippen molar-refractivity contribution in [2.45, 2.75) is 45.3 Å². The summed E-state index contributed by atoms with van der Waals surface area (Å²) in [6.45, 7) is 6.53. The SMILES string of the molecule is CNC(=O)c1c(-c2ccc(Oc3ccccc3)cc2)nn(C2CCCN(C(=O)OC(C)(C)C)C2)c1N. The van der Waals surface area contributed by atoms with Crippen molar-refractivity contribution < 1.29 is 19.1 Å². The van der Waals surface area contributed by atoms with Crippen molar-refractivity contribution in [1.29, 1.82) is 0 Å². The lowest BCUT2D eigenvalue weighted by Gasteiger charge is -2.34. The zero-order chi connectivity index (χ0) is 25.9. The van der Waals surface area contributed by atoms with Crippen LogP contribution in [0.3, 0.4) is 0 Å². The number of rotatable bonds is 5. The highest BCUT2D eigenvalue weighted by Gasteiger charge is 2.32. The van der Waals surface area contributed by atoms with Gasteiger partial charge in [-0.25, -0.2) is 9.48 Å². The summed E-state index contributed by atoms with van der Waals surface area (Å²) in [5.74, 6) is 1.35. The number of anilines is 1. The molecule has 3 N–H and O–H groups in total. The van der Waals surface area contributed by atoms with Gasteiger partial charge in [0.15, 0.2) is 0 Å². The molecule has 1 fully saturated rings. The zero-order valence-electron chi connectivity index (χ0n) is 21.2. The number of amides is 2. The maximum absolute atomic E-state index is 12.8. The Hall–Kier alpha value is -4.01. The number of para-hydroxylation sites is 1. The maximum atomic E-state index is 12.8. The molecule has 1 aliphatic rings. The lowest BCUT2D eigenvalue weighted by atomic mass is 10.1. The summed E-state index contributed by atoms with van der Waals surface area (Å²) in [4.78, 5) is 27.1. The molecule has 0 bridgehead atoms. The second-order valence-electron chi connectivity index (χ2n) is 9.79. The Balaban J connectivity index is 1.61. The third kappa shape index (κ3) is 5.62. The standard InChI is InChI=1S/C27H33N5O4/c1-27(2,3)36-26(34)31-16-8-9-19(17-31)32-24(28)22(25(33)29-4)23(30-32)18-12-14-21(15-13-18)35-20-10-6-5-7-11-20/h5-7,10-15,19H,8-9,16-17,28H2,1-4H3,(H,29,33). The fraction of sp³-hybridized carbons (Fsp3) is 0.370. The highest BCUT2D eigenvalue weighted by molar-refractivity contribution is 6.04. The molecule has 36 heavy (non-hydrogen) atoms. The Labute approximate surface area is 211 Å². The predicted octanol–water partition coefficient (Wildman–Crippen LogP) is 4.86. The first-order valence-electron chi connectivity index (χ1n) is 12.1. The summed E-state index contributed by atoms with van der Waals surface area (Å²) < 4.78 is 13.1. The maximum Gasteiger partial charge on any atom is 0.410 e. The number of carbonyl (C=O) groups excluding carboxylic acids is 2. The van der Waals surface area contributed by atoms with Gasteiger partial charge in [-0.15, -0.1) is 0 Å². The topological polar surface area (TPSA) is 112 Å². The van der Waals surface area contributed by atoms with Gasteiger partial charge in [-0.05, 0) is 70.0 Å². The number of aromatic nitrogens is 2. The van der Waals surface area contributed by atoms with Gasteiger partial charge in [0.2, 0.25) is 0 Å². The van der Waals surface area contributed by atoms with Crippen LogP contribution in [0.25, 0.3) is 11.3 Å². The minimum atomic E-state index is -0.579. The molecular weight excluding hydrogens is 458 g/mol. The zero-order valence-corrected chi connectivity index (χ0v) is 21.2. The second kappa shape index (κ2) is 10.3. The molecule has 1 atom stereocenters. The van der Waals surface area contributed by atoms with E-state index >= 15 is 0 Å². The van der Waals surface area contributed by atoms with Crippen LogP contribution >= 0.6 is 0 Å². The van der Waals surface area contributed by atoms with E-state index in [-0.39, 0.29) is 23.9 Å². The van der Waals surface area contributed by atoms with Crippen LogP contribution in [0.15, 0.2) is 54.6 Å². The van der Waals surface area contributed by atoms with Gasteiger partial charge in [0.1, 0.15) is 34.2 Å². The molecule has 0 radical (unpaired) electrons. The first-order chi connectivity index (χ1) is 17.2. The molecule has 1 unspecified atom stereocenters. The van der Waals surface area contributed by atoms with E-state index in [1.807, 2.05) is 75.4 Å². The molecule has 0 spiro atoms. The minimum absolute atomic E-state index is 0.177. The molecule has 0 aliphatic carbocycles. The minimum Gasteiger partial charge on any atom is -0.457 e.